The molecule has 2 aromatic heterocycles. The van der Waals surface area contributed by atoms with E-state index in [1.165, 1.54) is 8.66 Å². The van der Waals surface area contributed by atoms with Gasteiger partial charge in [0, 0.05) is 43.7 Å². The molecule has 3 heterocycles. The summed E-state index contributed by atoms with van der Waals surface area (Å²) in [4.78, 5) is 6.37. The fraction of sp³-hybridized carbons (Fsp3) is 0.500. The van der Waals surface area contributed by atoms with Crippen molar-refractivity contribution in [3.05, 3.63) is 38.3 Å². The first-order valence-electron chi connectivity index (χ1n) is 6.80. The predicted octanol–water partition coefficient (Wildman–Crippen LogP) is 3.12. The lowest BCUT2D eigenvalue weighted by atomic mass is 10.2. The van der Waals surface area contributed by atoms with Crippen molar-refractivity contribution in [3.63, 3.8) is 0 Å². The fourth-order valence-electron chi connectivity index (χ4n) is 2.47. The summed E-state index contributed by atoms with van der Waals surface area (Å²) in [5.74, 6) is 0.970. The summed E-state index contributed by atoms with van der Waals surface area (Å²) in [6.45, 7) is 8.30. The highest BCUT2D eigenvalue weighted by Gasteiger charge is 2.18. The Morgan fingerprint density at radius 3 is 2.45 bits per heavy atom. The zero-order valence-electron chi connectivity index (χ0n) is 11.5. The average molecular weight is 356 g/mol. The second-order valence-corrected chi connectivity index (χ2v) is 7.74. The third-order valence-corrected chi connectivity index (χ3v) is 5.14. The maximum Gasteiger partial charge on any atom is 0.150 e. The van der Waals surface area contributed by atoms with E-state index >= 15 is 0 Å². The molecule has 1 aliphatic heterocycles. The SMILES string of the molecule is Cc1cc(CN2CCN(Cc3ccc(Br)s3)CC2)on1. The van der Waals surface area contributed by atoms with Crippen LogP contribution >= 0.6 is 27.3 Å². The highest BCUT2D eigenvalue weighted by molar-refractivity contribution is 9.11. The first kappa shape index (κ1) is 14.3. The third kappa shape index (κ3) is 3.69. The zero-order valence-corrected chi connectivity index (χ0v) is 13.9. The molecule has 0 saturated carbocycles. The summed E-state index contributed by atoms with van der Waals surface area (Å²) >= 11 is 5.35. The largest absolute Gasteiger partial charge is 0.360 e. The van der Waals surface area contributed by atoms with Gasteiger partial charge in [-0.25, -0.2) is 0 Å². The highest BCUT2D eigenvalue weighted by atomic mass is 79.9. The molecule has 3 rings (SSSR count). The van der Waals surface area contributed by atoms with Crippen molar-refractivity contribution in [3.8, 4) is 0 Å². The van der Waals surface area contributed by atoms with E-state index in [-0.39, 0.29) is 0 Å². The van der Waals surface area contributed by atoms with Gasteiger partial charge in [0.15, 0.2) is 5.76 Å². The van der Waals surface area contributed by atoms with E-state index in [2.05, 4.69) is 43.0 Å². The maximum atomic E-state index is 5.28. The van der Waals surface area contributed by atoms with Gasteiger partial charge in [-0.15, -0.1) is 11.3 Å². The molecule has 0 amide bonds. The fourth-order valence-corrected chi connectivity index (χ4v) is 4.00. The van der Waals surface area contributed by atoms with Gasteiger partial charge in [0.25, 0.3) is 0 Å². The van der Waals surface area contributed by atoms with Crippen LogP contribution in [0.4, 0.5) is 0 Å². The van der Waals surface area contributed by atoms with Crippen LogP contribution in [0.2, 0.25) is 0 Å². The molecule has 4 nitrogen and oxygen atoms in total. The number of hydrogen-bond acceptors (Lipinski definition) is 5. The molecule has 6 heteroatoms. The van der Waals surface area contributed by atoms with Crippen LogP contribution in [-0.4, -0.2) is 41.1 Å². The second kappa shape index (κ2) is 6.39. The van der Waals surface area contributed by atoms with Crippen LogP contribution in [0.25, 0.3) is 0 Å². The number of piperazine rings is 1. The Morgan fingerprint density at radius 1 is 1.20 bits per heavy atom. The van der Waals surface area contributed by atoms with Crippen molar-refractivity contribution in [2.24, 2.45) is 0 Å². The van der Waals surface area contributed by atoms with Gasteiger partial charge in [-0.3, -0.25) is 9.80 Å². The van der Waals surface area contributed by atoms with Crippen LogP contribution in [0.3, 0.4) is 0 Å². The summed E-state index contributed by atoms with van der Waals surface area (Å²) in [5.41, 5.74) is 0.960. The molecule has 2 aromatic rings. The Morgan fingerprint density at radius 2 is 1.90 bits per heavy atom. The van der Waals surface area contributed by atoms with Crippen molar-refractivity contribution in [1.82, 2.24) is 15.0 Å². The maximum absolute atomic E-state index is 5.28. The van der Waals surface area contributed by atoms with Gasteiger partial charge in [-0.05, 0) is 35.0 Å². The van der Waals surface area contributed by atoms with Crippen molar-refractivity contribution in [2.75, 3.05) is 26.2 Å². The normalized spacial score (nSPS) is 17.7. The monoisotopic (exact) mass is 355 g/mol. The lowest BCUT2D eigenvalue weighted by molar-refractivity contribution is 0.114. The number of halogens is 1. The average Bonchev–Trinajstić information content (AvgIpc) is 3.01. The van der Waals surface area contributed by atoms with Gasteiger partial charge in [-0.1, -0.05) is 5.16 Å². The first-order chi connectivity index (χ1) is 9.69. The molecule has 0 N–H and O–H groups in total. The van der Waals surface area contributed by atoms with Crippen LogP contribution in [0.1, 0.15) is 16.3 Å². The highest BCUT2D eigenvalue weighted by Crippen LogP contribution is 2.23. The predicted molar refractivity (Wildman–Crippen MR) is 83.8 cm³/mol. The Bertz CT molecular complexity index is 510. The van der Waals surface area contributed by atoms with E-state index < -0.39 is 0 Å². The summed E-state index contributed by atoms with van der Waals surface area (Å²) < 4.78 is 6.50. The van der Waals surface area contributed by atoms with E-state index in [0.717, 1.165) is 50.7 Å². The minimum Gasteiger partial charge on any atom is -0.360 e. The van der Waals surface area contributed by atoms with Gasteiger partial charge < -0.3 is 4.52 Å². The number of hydrogen-bond donors (Lipinski definition) is 0. The minimum absolute atomic E-state index is 0.874. The molecular weight excluding hydrogens is 338 g/mol. The molecule has 20 heavy (non-hydrogen) atoms. The van der Waals surface area contributed by atoms with Crippen molar-refractivity contribution in [2.45, 2.75) is 20.0 Å². The standard InChI is InChI=1S/C14H18BrN3OS/c1-11-8-12(19-16-11)9-17-4-6-18(7-5-17)10-13-2-3-14(15)20-13/h2-3,8H,4-7,9-10H2,1H3. The smallest absolute Gasteiger partial charge is 0.150 e. The minimum atomic E-state index is 0.874. The zero-order chi connectivity index (χ0) is 13.9. The molecule has 0 atom stereocenters. The Hall–Kier alpha value is -0.690. The van der Waals surface area contributed by atoms with Gasteiger partial charge in [-0.2, -0.15) is 0 Å². The molecule has 0 bridgehead atoms. The molecule has 0 aromatic carbocycles. The van der Waals surface area contributed by atoms with Gasteiger partial charge in [0.05, 0.1) is 16.0 Å². The molecule has 1 fully saturated rings. The van der Waals surface area contributed by atoms with Crippen LogP contribution in [0.15, 0.2) is 26.5 Å². The van der Waals surface area contributed by atoms with E-state index in [0.29, 0.717) is 0 Å². The van der Waals surface area contributed by atoms with Crippen LogP contribution < -0.4 is 0 Å². The number of aryl methyl sites for hydroxylation is 1. The van der Waals surface area contributed by atoms with E-state index in [4.69, 9.17) is 4.52 Å². The summed E-state index contributed by atoms with van der Waals surface area (Å²) in [7, 11) is 0. The lowest BCUT2D eigenvalue weighted by Crippen LogP contribution is -2.45. The Balaban J connectivity index is 1.47. The summed E-state index contributed by atoms with van der Waals surface area (Å²) in [5, 5.41) is 3.94. The van der Waals surface area contributed by atoms with Crippen molar-refractivity contribution >= 4 is 27.3 Å². The second-order valence-electron chi connectivity index (χ2n) is 5.19. The topological polar surface area (TPSA) is 32.5 Å². The summed E-state index contributed by atoms with van der Waals surface area (Å²) in [6, 6.07) is 6.36. The van der Waals surface area contributed by atoms with E-state index in [9.17, 15) is 0 Å². The lowest BCUT2D eigenvalue weighted by Gasteiger charge is -2.33. The third-order valence-electron chi connectivity index (χ3n) is 3.53. The molecular formula is C14H18BrN3OS. The number of thiophene rings is 1. The molecule has 108 valence electrons. The van der Waals surface area contributed by atoms with Crippen molar-refractivity contribution in [1.29, 1.82) is 0 Å². The van der Waals surface area contributed by atoms with E-state index in [1.54, 1.807) is 0 Å². The molecule has 0 aliphatic carbocycles. The van der Waals surface area contributed by atoms with E-state index in [1.807, 2.05) is 24.3 Å². The number of aromatic nitrogens is 1. The Labute approximate surface area is 131 Å². The summed E-state index contributed by atoms with van der Waals surface area (Å²) in [6.07, 6.45) is 0. The van der Waals surface area contributed by atoms with Gasteiger partial charge in [0.1, 0.15) is 0 Å². The number of rotatable bonds is 4. The molecule has 0 spiro atoms. The van der Waals surface area contributed by atoms with Crippen LogP contribution in [0, 0.1) is 6.92 Å². The number of nitrogens with zero attached hydrogens (tertiary/aromatic N) is 3. The van der Waals surface area contributed by atoms with Gasteiger partial charge >= 0.3 is 0 Å². The van der Waals surface area contributed by atoms with Crippen molar-refractivity contribution < 1.29 is 4.52 Å². The van der Waals surface area contributed by atoms with Crippen LogP contribution in [-0.2, 0) is 13.1 Å². The quantitative estimate of drug-likeness (QED) is 0.843. The van der Waals surface area contributed by atoms with Crippen LogP contribution in [0.5, 0.6) is 0 Å². The molecule has 1 aliphatic rings. The molecule has 0 radical (unpaired) electrons. The Kier molecular flexibility index (Phi) is 4.55. The molecule has 0 unspecified atom stereocenters. The van der Waals surface area contributed by atoms with Gasteiger partial charge in [0.2, 0.25) is 0 Å². The molecule has 1 saturated heterocycles. The first-order valence-corrected chi connectivity index (χ1v) is 8.41.